The number of benzene rings is 1. The van der Waals surface area contributed by atoms with E-state index in [4.69, 9.17) is 0 Å². The number of nitrogens with one attached hydrogen (secondary N) is 2. The molecule has 21 heavy (non-hydrogen) atoms. The molecule has 0 saturated carbocycles. The number of hydrogen-bond donors (Lipinski definition) is 2. The number of carbonyl (C=O) groups is 1. The van der Waals surface area contributed by atoms with Gasteiger partial charge in [-0.25, -0.2) is 8.42 Å². The highest BCUT2D eigenvalue weighted by molar-refractivity contribution is 7.89. The second-order valence-electron chi connectivity index (χ2n) is 5.01. The molecule has 116 valence electrons. The van der Waals surface area contributed by atoms with E-state index in [1.54, 1.807) is 31.2 Å². The number of rotatable bonds is 5. The molecule has 1 fully saturated rings. The van der Waals surface area contributed by atoms with Crippen LogP contribution in [0.4, 0.5) is 0 Å². The summed E-state index contributed by atoms with van der Waals surface area (Å²) in [7, 11) is -3.63. The van der Waals surface area contributed by atoms with E-state index < -0.39 is 16.1 Å². The summed E-state index contributed by atoms with van der Waals surface area (Å²) in [6, 6.07) is 6.11. The zero-order valence-electron chi connectivity index (χ0n) is 12.3. The van der Waals surface area contributed by atoms with E-state index in [2.05, 4.69) is 10.6 Å². The van der Waals surface area contributed by atoms with Gasteiger partial charge in [-0.3, -0.25) is 4.79 Å². The molecule has 1 atom stereocenters. The third-order valence-corrected chi connectivity index (χ3v) is 5.54. The summed E-state index contributed by atoms with van der Waals surface area (Å²) in [6.45, 7) is 5.84. The Morgan fingerprint density at radius 1 is 1.33 bits per heavy atom. The summed E-state index contributed by atoms with van der Waals surface area (Å²) in [4.78, 5) is 11.9. The van der Waals surface area contributed by atoms with Gasteiger partial charge >= 0.3 is 0 Å². The minimum atomic E-state index is -3.63. The van der Waals surface area contributed by atoms with E-state index in [9.17, 15) is 13.2 Å². The molecule has 0 aliphatic carbocycles. The normalized spacial score (nSPS) is 20.3. The molecule has 1 aromatic rings. The van der Waals surface area contributed by atoms with Crippen molar-refractivity contribution in [2.45, 2.75) is 31.3 Å². The molecule has 7 heteroatoms. The Balaban J connectivity index is 2.21. The summed E-state index contributed by atoms with van der Waals surface area (Å²) in [5, 5.41) is 5.85. The van der Waals surface area contributed by atoms with E-state index >= 15 is 0 Å². The van der Waals surface area contributed by atoms with E-state index in [1.165, 1.54) is 4.31 Å². The first-order chi connectivity index (χ1) is 9.96. The predicted octanol–water partition coefficient (Wildman–Crippen LogP) is 0.305. The molecule has 1 heterocycles. The van der Waals surface area contributed by atoms with Gasteiger partial charge in [-0.15, -0.1) is 0 Å². The lowest BCUT2D eigenvalue weighted by Gasteiger charge is -2.31. The summed E-state index contributed by atoms with van der Waals surface area (Å²) < 4.78 is 26.5. The highest BCUT2D eigenvalue weighted by Gasteiger charge is 2.35. The minimum absolute atomic E-state index is 0.226. The summed E-state index contributed by atoms with van der Waals surface area (Å²) >= 11 is 0. The van der Waals surface area contributed by atoms with Crippen LogP contribution in [0.25, 0.3) is 0 Å². The topological polar surface area (TPSA) is 78.5 Å². The third-order valence-electron chi connectivity index (χ3n) is 3.55. The largest absolute Gasteiger partial charge is 0.353 e. The van der Waals surface area contributed by atoms with Gasteiger partial charge in [0.2, 0.25) is 15.9 Å². The lowest BCUT2D eigenvalue weighted by molar-refractivity contribution is -0.126. The van der Waals surface area contributed by atoms with Gasteiger partial charge in [0.15, 0.2) is 0 Å². The molecule has 0 aromatic heterocycles. The van der Waals surface area contributed by atoms with Crippen molar-refractivity contribution in [1.82, 2.24) is 14.9 Å². The van der Waals surface area contributed by atoms with Gasteiger partial charge in [-0.1, -0.05) is 19.1 Å². The molecule has 6 nitrogen and oxygen atoms in total. The van der Waals surface area contributed by atoms with Crippen molar-refractivity contribution in [3.63, 3.8) is 0 Å². The van der Waals surface area contributed by atoms with Crippen LogP contribution >= 0.6 is 0 Å². The van der Waals surface area contributed by atoms with Crippen molar-refractivity contribution < 1.29 is 13.2 Å². The molecular weight excluding hydrogens is 290 g/mol. The number of hydrogen-bond acceptors (Lipinski definition) is 4. The average molecular weight is 311 g/mol. The zero-order valence-corrected chi connectivity index (χ0v) is 13.1. The van der Waals surface area contributed by atoms with Crippen LogP contribution in [0, 0.1) is 0 Å². The van der Waals surface area contributed by atoms with Crippen molar-refractivity contribution in [2.24, 2.45) is 0 Å². The molecule has 0 radical (unpaired) electrons. The fourth-order valence-electron chi connectivity index (χ4n) is 2.27. The van der Waals surface area contributed by atoms with Gasteiger partial charge in [0.25, 0.3) is 0 Å². The van der Waals surface area contributed by atoms with E-state index in [0.29, 0.717) is 19.6 Å². The maximum atomic E-state index is 12.6. The third kappa shape index (κ3) is 3.42. The van der Waals surface area contributed by atoms with Crippen molar-refractivity contribution in [2.75, 3.05) is 19.6 Å². The number of amides is 1. The molecule has 2 N–H and O–H groups in total. The number of sulfonamides is 1. The zero-order chi connectivity index (χ0) is 15.5. The minimum Gasteiger partial charge on any atom is -0.353 e. The van der Waals surface area contributed by atoms with Crippen molar-refractivity contribution in [1.29, 1.82) is 0 Å². The van der Waals surface area contributed by atoms with Crippen LogP contribution in [-0.4, -0.2) is 44.3 Å². The fraction of sp³-hybridized carbons (Fsp3) is 0.500. The number of nitrogens with zero attached hydrogens (tertiary/aromatic N) is 1. The average Bonchev–Trinajstić information content (AvgIpc) is 2.48. The van der Waals surface area contributed by atoms with E-state index in [-0.39, 0.29) is 10.8 Å². The number of piperazine rings is 1. The molecular formula is C14H21N3O3S. The lowest BCUT2D eigenvalue weighted by Crippen LogP contribution is -2.55. The molecule has 1 aromatic carbocycles. The highest BCUT2D eigenvalue weighted by Crippen LogP contribution is 2.20. The van der Waals surface area contributed by atoms with Gasteiger partial charge in [0.1, 0.15) is 6.04 Å². The van der Waals surface area contributed by atoms with E-state index in [1.807, 2.05) is 6.92 Å². The number of carbonyl (C=O) groups excluding carboxylic acids is 1. The second-order valence-corrected chi connectivity index (χ2v) is 6.90. The molecule has 1 amide bonds. The summed E-state index contributed by atoms with van der Waals surface area (Å²) in [6.07, 6.45) is 0. The lowest BCUT2D eigenvalue weighted by atomic mass is 10.2. The monoisotopic (exact) mass is 311 g/mol. The molecule has 2 rings (SSSR count). The molecule has 1 aliphatic heterocycles. The van der Waals surface area contributed by atoms with Crippen LogP contribution < -0.4 is 10.6 Å². The Morgan fingerprint density at radius 2 is 2.00 bits per heavy atom. The standard InChI is InChI=1S/C14H21N3O3S/c1-3-15-10-12-4-6-13(7-5-12)21(19,20)17-9-8-16-14(18)11(17)2/h4-7,11,15H,3,8-10H2,1-2H3,(H,16,18). The summed E-state index contributed by atoms with van der Waals surface area (Å²) in [5.41, 5.74) is 1.03. The van der Waals surface area contributed by atoms with Gasteiger partial charge in [-0.05, 0) is 31.2 Å². The quantitative estimate of drug-likeness (QED) is 0.820. The van der Waals surface area contributed by atoms with Crippen LogP contribution in [0.1, 0.15) is 19.4 Å². The smallest absolute Gasteiger partial charge is 0.243 e. The maximum absolute atomic E-state index is 12.6. The van der Waals surface area contributed by atoms with Crippen LogP contribution in [0.2, 0.25) is 0 Å². The predicted molar refractivity (Wildman–Crippen MR) is 80.2 cm³/mol. The Bertz CT molecular complexity index is 598. The van der Waals surface area contributed by atoms with E-state index in [0.717, 1.165) is 12.1 Å². The van der Waals surface area contributed by atoms with Crippen molar-refractivity contribution in [3.8, 4) is 0 Å². The van der Waals surface area contributed by atoms with Gasteiger partial charge in [0, 0.05) is 19.6 Å². The maximum Gasteiger partial charge on any atom is 0.243 e. The Labute approximate surface area is 125 Å². The Kier molecular flexibility index (Phi) is 4.97. The van der Waals surface area contributed by atoms with Gasteiger partial charge in [-0.2, -0.15) is 4.31 Å². The fourth-order valence-corrected chi connectivity index (χ4v) is 3.87. The van der Waals surface area contributed by atoms with Crippen LogP contribution in [-0.2, 0) is 21.4 Å². The van der Waals surface area contributed by atoms with Crippen LogP contribution in [0.5, 0.6) is 0 Å². The molecule has 0 bridgehead atoms. The molecule has 1 unspecified atom stereocenters. The highest BCUT2D eigenvalue weighted by atomic mass is 32.2. The Morgan fingerprint density at radius 3 is 2.62 bits per heavy atom. The first-order valence-electron chi connectivity index (χ1n) is 7.06. The van der Waals surface area contributed by atoms with Crippen molar-refractivity contribution >= 4 is 15.9 Å². The molecule has 1 saturated heterocycles. The van der Waals surface area contributed by atoms with Gasteiger partial charge in [0.05, 0.1) is 4.90 Å². The molecule has 1 aliphatic rings. The van der Waals surface area contributed by atoms with Crippen LogP contribution in [0.3, 0.4) is 0 Å². The van der Waals surface area contributed by atoms with Gasteiger partial charge < -0.3 is 10.6 Å². The summed E-state index contributed by atoms with van der Waals surface area (Å²) in [5.74, 6) is -0.256. The Hall–Kier alpha value is -1.44. The van der Waals surface area contributed by atoms with Crippen molar-refractivity contribution in [3.05, 3.63) is 29.8 Å². The first-order valence-corrected chi connectivity index (χ1v) is 8.50. The second kappa shape index (κ2) is 6.55. The van der Waals surface area contributed by atoms with Crippen LogP contribution in [0.15, 0.2) is 29.2 Å². The first kappa shape index (κ1) is 15.9. The SMILES string of the molecule is CCNCc1ccc(S(=O)(=O)N2CCNC(=O)C2C)cc1. The molecule has 0 spiro atoms.